The molecule has 0 unspecified atom stereocenters. The summed E-state index contributed by atoms with van der Waals surface area (Å²) >= 11 is 0. The summed E-state index contributed by atoms with van der Waals surface area (Å²) in [5.41, 5.74) is 3.40. The van der Waals surface area contributed by atoms with Gasteiger partial charge in [-0.1, -0.05) is 5.92 Å². The number of fused-ring (bicyclic) bond motifs is 1. The smallest absolute Gasteiger partial charge is 0.434 e. The van der Waals surface area contributed by atoms with Gasteiger partial charge in [0.25, 0.3) is 0 Å². The summed E-state index contributed by atoms with van der Waals surface area (Å²) < 4.78 is 11.1. The summed E-state index contributed by atoms with van der Waals surface area (Å²) in [7, 11) is 1.55. The second-order valence-electron chi connectivity index (χ2n) is 7.60. The molecule has 0 spiro atoms. The van der Waals surface area contributed by atoms with Crippen molar-refractivity contribution >= 4 is 28.8 Å². The highest BCUT2D eigenvalue weighted by atomic mass is 16.7. The molecular weight excluding hydrogens is 398 g/mol. The van der Waals surface area contributed by atoms with Crippen molar-refractivity contribution in [3.8, 4) is 23.8 Å². The van der Waals surface area contributed by atoms with Gasteiger partial charge >= 0.3 is 6.09 Å². The van der Waals surface area contributed by atoms with Crippen LogP contribution in [0.15, 0.2) is 12.1 Å². The first-order valence-electron chi connectivity index (χ1n) is 10.6. The number of ether oxygens (including phenoxy) is 2. The number of carbonyl (C=O) groups is 1. The van der Waals surface area contributed by atoms with Crippen LogP contribution in [0.4, 0.5) is 16.6 Å². The SMILES string of the molecule is C#CCOc1cc2nc(N3CCCC3)nc(NOC(=O)N3CCCCC3)c2cc1OC. The minimum Gasteiger partial charge on any atom is -0.493 e. The molecule has 4 rings (SSSR count). The Labute approximate surface area is 181 Å². The maximum absolute atomic E-state index is 12.5. The Balaban J connectivity index is 1.66. The summed E-state index contributed by atoms with van der Waals surface area (Å²) in [6.07, 6.45) is 10.2. The Morgan fingerprint density at radius 1 is 1.10 bits per heavy atom. The zero-order chi connectivity index (χ0) is 21.6. The van der Waals surface area contributed by atoms with Gasteiger partial charge in [0.05, 0.1) is 12.6 Å². The van der Waals surface area contributed by atoms with Crippen LogP contribution in [0.3, 0.4) is 0 Å². The van der Waals surface area contributed by atoms with Crippen molar-refractivity contribution in [1.29, 1.82) is 0 Å². The van der Waals surface area contributed by atoms with Gasteiger partial charge in [-0.15, -0.1) is 6.42 Å². The number of aromatic nitrogens is 2. The molecule has 1 aromatic heterocycles. The van der Waals surface area contributed by atoms with Gasteiger partial charge in [-0.25, -0.2) is 9.78 Å². The van der Waals surface area contributed by atoms with Crippen molar-refractivity contribution in [3.05, 3.63) is 12.1 Å². The third-order valence-corrected chi connectivity index (χ3v) is 5.52. The van der Waals surface area contributed by atoms with Gasteiger partial charge < -0.3 is 24.1 Å². The average molecular weight is 425 g/mol. The standard InChI is InChI=1S/C22H27N5O4/c1-3-13-30-19-15-17-16(14-18(19)29-2)20(24-21(23-17)26-9-7-8-10-26)25-31-22(28)27-11-5-4-6-12-27/h1,14-15H,4-13H2,2H3,(H,23,24,25). The molecule has 0 radical (unpaired) electrons. The Hall–Kier alpha value is -3.41. The summed E-state index contributed by atoms with van der Waals surface area (Å²) in [6.45, 7) is 3.29. The lowest BCUT2D eigenvalue weighted by molar-refractivity contribution is 0.114. The Bertz CT molecular complexity index is 978. The molecule has 3 heterocycles. The molecule has 1 N–H and O–H groups in total. The van der Waals surface area contributed by atoms with Gasteiger partial charge in [-0.05, 0) is 38.2 Å². The number of likely N-dealkylation sites (tertiary alicyclic amines) is 1. The van der Waals surface area contributed by atoms with Crippen molar-refractivity contribution in [2.24, 2.45) is 0 Å². The highest BCUT2D eigenvalue weighted by Crippen LogP contribution is 2.35. The van der Waals surface area contributed by atoms with Crippen LogP contribution in [0.1, 0.15) is 32.1 Å². The zero-order valence-electron chi connectivity index (χ0n) is 17.7. The lowest BCUT2D eigenvalue weighted by Gasteiger charge is -2.25. The molecule has 2 aromatic rings. The fraction of sp³-hybridized carbons (Fsp3) is 0.500. The molecule has 1 amide bonds. The molecule has 2 aliphatic rings. The first-order chi connectivity index (χ1) is 15.2. The van der Waals surface area contributed by atoms with E-state index in [2.05, 4.69) is 21.3 Å². The lowest BCUT2D eigenvalue weighted by atomic mass is 10.1. The van der Waals surface area contributed by atoms with E-state index in [-0.39, 0.29) is 6.61 Å². The van der Waals surface area contributed by atoms with E-state index in [1.807, 2.05) is 0 Å². The molecule has 9 heteroatoms. The fourth-order valence-corrected chi connectivity index (χ4v) is 3.89. The van der Waals surface area contributed by atoms with Gasteiger partial charge in [-0.3, -0.25) is 0 Å². The van der Waals surface area contributed by atoms with E-state index in [0.717, 1.165) is 45.2 Å². The number of hydrogen-bond acceptors (Lipinski definition) is 8. The van der Waals surface area contributed by atoms with Crippen molar-refractivity contribution in [2.45, 2.75) is 32.1 Å². The summed E-state index contributed by atoms with van der Waals surface area (Å²) in [5, 5.41) is 0.652. The minimum atomic E-state index is -0.407. The number of terminal acetylenes is 1. The highest BCUT2D eigenvalue weighted by Gasteiger charge is 2.22. The highest BCUT2D eigenvalue weighted by molar-refractivity contribution is 5.92. The van der Waals surface area contributed by atoms with Crippen LogP contribution in [0.25, 0.3) is 10.9 Å². The normalized spacial score (nSPS) is 16.1. The van der Waals surface area contributed by atoms with Gasteiger partial charge in [0.1, 0.15) is 6.61 Å². The summed E-state index contributed by atoms with van der Waals surface area (Å²) in [4.78, 5) is 31.0. The molecule has 1 aromatic carbocycles. The molecule has 31 heavy (non-hydrogen) atoms. The number of anilines is 2. The van der Waals surface area contributed by atoms with Gasteiger partial charge in [-0.2, -0.15) is 10.5 Å². The van der Waals surface area contributed by atoms with Crippen LogP contribution >= 0.6 is 0 Å². The van der Waals surface area contributed by atoms with E-state index in [9.17, 15) is 4.79 Å². The quantitative estimate of drug-likeness (QED) is 0.558. The largest absolute Gasteiger partial charge is 0.493 e. The molecule has 164 valence electrons. The first kappa shape index (κ1) is 20.8. The zero-order valence-corrected chi connectivity index (χ0v) is 17.7. The Kier molecular flexibility index (Phi) is 6.46. The van der Waals surface area contributed by atoms with E-state index in [0.29, 0.717) is 47.3 Å². The number of nitrogens with one attached hydrogen (secondary N) is 1. The van der Waals surface area contributed by atoms with E-state index in [4.69, 9.17) is 25.7 Å². The van der Waals surface area contributed by atoms with Crippen LogP contribution in [-0.2, 0) is 4.84 Å². The van der Waals surface area contributed by atoms with Gasteiger partial charge in [0.15, 0.2) is 17.3 Å². The number of amides is 1. The predicted molar refractivity (Wildman–Crippen MR) is 117 cm³/mol. The number of nitrogens with zero attached hydrogens (tertiary/aromatic N) is 4. The van der Waals surface area contributed by atoms with Crippen molar-refractivity contribution in [3.63, 3.8) is 0 Å². The van der Waals surface area contributed by atoms with Gasteiger partial charge in [0.2, 0.25) is 5.95 Å². The molecule has 2 aliphatic heterocycles. The Morgan fingerprint density at radius 3 is 2.55 bits per heavy atom. The maximum Gasteiger partial charge on any atom is 0.434 e. The summed E-state index contributed by atoms with van der Waals surface area (Å²) in [5.74, 6) is 4.42. The fourth-order valence-electron chi connectivity index (χ4n) is 3.89. The van der Waals surface area contributed by atoms with Crippen LogP contribution in [-0.4, -0.2) is 60.9 Å². The van der Waals surface area contributed by atoms with Crippen LogP contribution in [0.5, 0.6) is 11.5 Å². The third-order valence-electron chi connectivity index (χ3n) is 5.52. The first-order valence-corrected chi connectivity index (χ1v) is 10.6. The number of piperidine rings is 1. The van der Waals surface area contributed by atoms with E-state index in [1.54, 1.807) is 24.1 Å². The Morgan fingerprint density at radius 2 is 1.84 bits per heavy atom. The van der Waals surface area contributed by atoms with Crippen LogP contribution in [0.2, 0.25) is 0 Å². The molecule has 9 nitrogen and oxygen atoms in total. The second kappa shape index (κ2) is 9.60. The molecular formula is C22H27N5O4. The van der Waals surface area contributed by atoms with Crippen LogP contribution < -0.4 is 19.9 Å². The van der Waals surface area contributed by atoms with Crippen LogP contribution in [0, 0.1) is 12.3 Å². The number of rotatable bonds is 6. The van der Waals surface area contributed by atoms with E-state index in [1.165, 1.54) is 0 Å². The van der Waals surface area contributed by atoms with E-state index >= 15 is 0 Å². The number of benzene rings is 1. The molecule has 0 saturated carbocycles. The summed E-state index contributed by atoms with van der Waals surface area (Å²) in [6, 6.07) is 3.52. The van der Waals surface area contributed by atoms with Crippen molar-refractivity contribution in [1.82, 2.24) is 14.9 Å². The van der Waals surface area contributed by atoms with Crippen molar-refractivity contribution < 1.29 is 19.1 Å². The molecule has 0 aliphatic carbocycles. The number of hydrogen-bond donors (Lipinski definition) is 1. The lowest BCUT2D eigenvalue weighted by Crippen LogP contribution is -2.37. The molecule has 2 saturated heterocycles. The number of methoxy groups -OCH3 is 1. The number of carbonyl (C=O) groups excluding carboxylic acids is 1. The third kappa shape index (κ3) is 4.68. The molecule has 0 atom stereocenters. The monoisotopic (exact) mass is 425 g/mol. The van der Waals surface area contributed by atoms with Crippen molar-refractivity contribution in [2.75, 3.05) is 50.3 Å². The predicted octanol–water partition coefficient (Wildman–Crippen LogP) is 3.20. The maximum atomic E-state index is 12.5. The minimum absolute atomic E-state index is 0.116. The average Bonchev–Trinajstić information content (AvgIpc) is 3.35. The second-order valence-corrected chi connectivity index (χ2v) is 7.60. The van der Waals surface area contributed by atoms with Gasteiger partial charge in [0, 0.05) is 37.6 Å². The van der Waals surface area contributed by atoms with E-state index < -0.39 is 6.09 Å². The topological polar surface area (TPSA) is 89.1 Å². The molecule has 2 fully saturated rings. The molecule has 0 bridgehead atoms.